The largest absolute Gasteiger partial charge is 0.457 e. The molecular weight excluding hydrogens is 532 g/mol. The van der Waals surface area contributed by atoms with Gasteiger partial charge >= 0.3 is 12.1 Å². The van der Waals surface area contributed by atoms with Gasteiger partial charge in [-0.3, -0.25) is 4.90 Å². The zero-order valence-electron chi connectivity index (χ0n) is 20.3. The Hall–Kier alpha value is -4.30. The lowest BCUT2D eigenvalue weighted by Gasteiger charge is -2.24. The molecule has 4 amide bonds. The molecule has 0 radical (unpaired) electrons. The Labute approximate surface area is 224 Å². The van der Waals surface area contributed by atoms with Gasteiger partial charge in [-0.1, -0.05) is 42.5 Å². The molecular formula is C29H27BrN4O3. The number of urea groups is 2. The smallest absolute Gasteiger partial charge is 0.326 e. The number of halogens is 1. The minimum atomic E-state index is -0.363. The predicted molar refractivity (Wildman–Crippen MR) is 152 cm³/mol. The summed E-state index contributed by atoms with van der Waals surface area (Å²) in [5, 5.41) is 8.55. The molecule has 0 aliphatic heterocycles. The fraction of sp³-hybridized carbons (Fsp3) is 0.103. The molecule has 37 heavy (non-hydrogen) atoms. The van der Waals surface area contributed by atoms with Crippen LogP contribution in [0.4, 0.5) is 26.7 Å². The van der Waals surface area contributed by atoms with E-state index in [9.17, 15) is 9.59 Å². The molecule has 0 spiro atoms. The highest BCUT2D eigenvalue weighted by molar-refractivity contribution is 9.10. The molecule has 188 valence electrons. The van der Waals surface area contributed by atoms with Gasteiger partial charge in [0.25, 0.3) is 0 Å². The second kappa shape index (κ2) is 12.6. The van der Waals surface area contributed by atoms with E-state index in [0.29, 0.717) is 22.8 Å². The van der Waals surface area contributed by atoms with Gasteiger partial charge < -0.3 is 20.7 Å². The van der Waals surface area contributed by atoms with Crippen molar-refractivity contribution in [3.05, 3.63) is 113 Å². The number of aryl methyl sites for hydroxylation is 1. The van der Waals surface area contributed by atoms with Gasteiger partial charge in [-0.15, -0.1) is 0 Å². The third-order valence-corrected chi connectivity index (χ3v) is 6.08. The van der Waals surface area contributed by atoms with Gasteiger partial charge in [0.15, 0.2) is 0 Å². The molecule has 4 aromatic carbocycles. The summed E-state index contributed by atoms with van der Waals surface area (Å²) in [5.74, 6) is 1.38. The second-order valence-corrected chi connectivity index (χ2v) is 9.08. The van der Waals surface area contributed by atoms with E-state index in [1.807, 2.05) is 104 Å². The van der Waals surface area contributed by atoms with Gasteiger partial charge in [0.05, 0.1) is 5.69 Å². The van der Waals surface area contributed by atoms with Crippen molar-refractivity contribution >= 4 is 45.1 Å². The Balaban J connectivity index is 1.44. The summed E-state index contributed by atoms with van der Waals surface area (Å²) in [4.78, 5) is 27.3. The Morgan fingerprint density at radius 1 is 0.811 bits per heavy atom. The van der Waals surface area contributed by atoms with Crippen LogP contribution in [0.1, 0.15) is 5.56 Å². The third-order valence-electron chi connectivity index (χ3n) is 5.38. The van der Waals surface area contributed by atoms with Crippen LogP contribution >= 0.6 is 15.9 Å². The van der Waals surface area contributed by atoms with Gasteiger partial charge in [0, 0.05) is 28.9 Å². The fourth-order valence-electron chi connectivity index (χ4n) is 3.59. The quantitative estimate of drug-likeness (QED) is 0.210. The van der Waals surface area contributed by atoms with Crippen molar-refractivity contribution in [2.45, 2.75) is 6.92 Å². The molecule has 0 heterocycles. The van der Waals surface area contributed by atoms with E-state index < -0.39 is 0 Å². The molecule has 0 unspecified atom stereocenters. The number of anilines is 3. The van der Waals surface area contributed by atoms with E-state index in [0.717, 1.165) is 15.8 Å². The van der Waals surface area contributed by atoms with E-state index in [1.54, 1.807) is 11.0 Å². The van der Waals surface area contributed by atoms with Gasteiger partial charge in [-0.25, -0.2) is 9.59 Å². The summed E-state index contributed by atoms with van der Waals surface area (Å²) in [6.07, 6.45) is 0. The molecule has 0 aromatic heterocycles. The fourth-order valence-corrected chi connectivity index (χ4v) is 3.97. The molecule has 4 rings (SSSR count). The third kappa shape index (κ3) is 7.59. The number of rotatable bonds is 8. The van der Waals surface area contributed by atoms with Gasteiger partial charge in [0.1, 0.15) is 11.5 Å². The number of benzene rings is 4. The lowest BCUT2D eigenvalue weighted by molar-refractivity contribution is 0.250. The van der Waals surface area contributed by atoms with Crippen molar-refractivity contribution in [2.24, 2.45) is 0 Å². The van der Waals surface area contributed by atoms with Crippen molar-refractivity contribution in [1.29, 1.82) is 0 Å². The first-order valence-electron chi connectivity index (χ1n) is 11.8. The van der Waals surface area contributed by atoms with Crippen LogP contribution in [-0.4, -0.2) is 25.2 Å². The van der Waals surface area contributed by atoms with E-state index in [-0.39, 0.29) is 25.2 Å². The number of hydrogen-bond donors (Lipinski definition) is 3. The molecule has 7 nitrogen and oxygen atoms in total. The molecule has 0 saturated heterocycles. The van der Waals surface area contributed by atoms with Crippen LogP contribution in [-0.2, 0) is 0 Å². The Kier molecular flexibility index (Phi) is 8.78. The van der Waals surface area contributed by atoms with Crippen molar-refractivity contribution in [1.82, 2.24) is 5.32 Å². The molecule has 0 fully saturated rings. The van der Waals surface area contributed by atoms with Gasteiger partial charge in [-0.05, 0) is 89.1 Å². The first-order chi connectivity index (χ1) is 18.0. The van der Waals surface area contributed by atoms with Crippen molar-refractivity contribution in [3.63, 3.8) is 0 Å². The molecule has 8 heteroatoms. The minimum Gasteiger partial charge on any atom is -0.457 e. The zero-order valence-corrected chi connectivity index (χ0v) is 21.9. The number of ether oxygens (including phenoxy) is 1. The highest BCUT2D eigenvalue weighted by atomic mass is 79.9. The number of amides is 4. The van der Waals surface area contributed by atoms with Crippen LogP contribution in [0.2, 0.25) is 0 Å². The SMILES string of the molecule is Cc1cccc(NC(=O)N(CCNC(=O)Nc2ccccc2Br)c2ccc(Oc3ccccc3)cc2)c1. The maximum absolute atomic E-state index is 13.3. The maximum Gasteiger partial charge on any atom is 0.326 e. The monoisotopic (exact) mass is 558 g/mol. The molecule has 4 aromatic rings. The average molecular weight is 559 g/mol. The van der Waals surface area contributed by atoms with Crippen LogP contribution in [0.5, 0.6) is 11.5 Å². The lowest BCUT2D eigenvalue weighted by atomic mass is 10.2. The highest BCUT2D eigenvalue weighted by Gasteiger charge is 2.17. The van der Waals surface area contributed by atoms with E-state index in [2.05, 4.69) is 31.9 Å². The number of carbonyl (C=O) groups is 2. The summed E-state index contributed by atoms with van der Waals surface area (Å²) in [7, 11) is 0. The summed E-state index contributed by atoms with van der Waals surface area (Å²) in [6, 6.07) is 31.0. The summed E-state index contributed by atoms with van der Waals surface area (Å²) in [5.41, 5.74) is 3.05. The van der Waals surface area contributed by atoms with E-state index in [1.165, 1.54) is 0 Å². The van der Waals surface area contributed by atoms with Crippen LogP contribution in [0, 0.1) is 6.92 Å². The topological polar surface area (TPSA) is 82.7 Å². The lowest BCUT2D eigenvalue weighted by Crippen LogP contribution is -2.42. The average Bonchev–Trinajstić information content (AvgIpc) is 2.89. The molecule has 0 aliphatic rings. The highest BCUT2D eigenvalue weighted by Crippen LogP contribution is 2.25. The first-order valence-corrected chi connectivity index (χ1v) is 12.5. The Bertz CT molecular complexity index is 1350. The molecule has 0 atom stereocenters. The first kappa shape index (κ1) is 25.8. The van der Waals surface area contributed by atoms with Gasteiger partial charge in [-0.2, -0.15) is 0 Å². The standard InChI is InChI=1S/C29H27BrN4O3/c1-21-8-7-9-22(20-21)32-29(36)34(19-18-31-28(35)33-27-13-6-5-12-26(27)30)23-14-16-25(17-15-23)37-24-10-3-2-4-11-24/h2-17,20H,18-19H2,1H3,(H,32,36)(H2,31,33,35). The van der Waals surface area contributed by atoms with Gasteiger partial charge in [0.2, 0.25) is 0 Å². The normalized spacial score (nSPS) is 10.3. The number of para-hydroxylation sites is 2. The van der Waals surface area contributed by atoms with Crippen LogP contribution < -0.4 is 25.6 Å². The maximum atomic E-state index is 13.3. The van der Waals surface area contributed by atoms with Crippen LogP contribution in [0.3, 0.4) is 0 Å². The Morgan fingerprint density at radius 2 is 1.51 bits per heavy atom. The molecule has 0 aliphatic carbocycles. The van der Waals surface area contributed by atoms with Crippen molar-refractivity contribution in [3.8, 4) is 11.5 Å². The van der Waals surface area contributed by atoms with Crippen molar-refractivity contribution < 1.29 is 14.3 Å². The number of hydrogen-bond acceptors (Lipinski definition) is 3. The second-order valence-electron chi connectivity index (χ2n) is 8.22. The summed E-state index contributed by atoms with van der Waals surface area (Å²) < 4.78 is 6.65. The molecule has 3 N–H and O–H groups in total. The van der Waals surface area contributed by atoms with Crippen molar-refractivity contribution in [2.75, 3.05) is 28.6 Å². The summed E-state index contributed by atoms with van der Waals surface area (Å²) in [6.45, 7) is 2.45. The van der Waals surface area contributed by atoms with E-state index in [4.69, 9.17) is 4.74 Å². The number of nitrogens with zero attached hydrogens (tertiary/aromatic N) is 1. The van der Waals surface area contributed by atoms with E-state index >= 15 is 0 Å². The number of carbonyl (C=O) groups excluding carboxylic acids is 2. The van der Waals surface area contributed by atoms with Crippen LogP contribution in [0.25, 0.3) is 0 Å². The Morgan fingerprint density at radius 3 is 2.24 bits per heavy atom. The zero-order chi connectivity index (χ0) is 26.0. The predicted octanol–water partition coefficient (Wildman–Crippen LogP) is 7.41. The van der Waals surface area contributed by atoms with Crippen LogP contribution in [0.15, 0.2) is 108 Å². The molecule has 0 bridgehead atoms. The number of nitrogens with one attached hydrogen (secondary N) is 3. The molecule has 0 saturated carbocycles. The minimum absolute atomic E-state index is 0.236. The summed E-state index contributed by atoms with van der Waals surface area (Å²) >= 11 is 3.42.